The SMILES string of the molecule is CC/C=C\C/C=C\C/C=C\C/C=C\C/C=C\C/C=C\C/C=C\C/C=C\C/C=C\C/C=C\C/C=C\CCCCCC(=O)OC(COC(=O)CCCCCCCCCCCCCCCCCCCCCCCCCC)COP(=O)(O)OCCN. The summed E-state index contributed by atoms with van der Waals surface area (Å²) in [6, 6.07) is 0. The minimum atomic E-state index is -4.41. The van der Waals surface area contributed by atoms with E-state index < -0.39 is 26.5 Å². The largest absolute Gasteiger partial charge is 0.472 e. The maximum Gasteiger partial charge on any atom is 0.472 e. The Labute approximate surface area is 504 Å². The van der Waals surface area contributed by atoms with E-state index in [4.69, 9.17) is 24.3 Å². The van der Waals surface area contributed by atoms with Gasteiger partial charge in [-0.25, -0.2) is 4.57 Å². The second-order valence-corrected chi connectivity index (χ2v) is 23.1. The van der Waals surface area contributed by atoms with Crippen LogP contribution in [0.2, 0.25) is 0 Å². The highest BCUT2D eigenvalue weighted by atomic mass is 31.2. The summed E-state index contributed by atoms with van der Waals surface area (Å²) in [5, 5.41) is 0. The van der Waals surface area contributed by atoms with E-state index in [1.165, 1.54) is 135 Å². The maximum atomic E-state index is 12.7. The highest BCUT2D eigenvalue weighted by Gasteiger charge is 2.26. The second-order valence-electron chi connectivity index (χ2n) is 21.6. The topological polar surface area (TPSA) is 134 Å². The van der Waals surface area contributed by atoms with Crippen LogP contribution in [-0.4, -0.2) is 49.3 Å². The molecule has 0 saturated carbocycles. The van der Waals surface area contributed by atoms with E-state index in [-0.39, 0.29) is 38.6 Å². The molecule has 0 radical (unpaired) electrons. The molecule has 2 atom stereocenters. The first-order valence-electron chi connectivity index (χ1n) is 33.2. The molecule has 10 heteroatoms. The first-order chi connectivity index (χ1) is 40.3. The summed E-state index contributed by atoms with van der Waals surface area (Å²) in [5.74, 6) is -0.865. The van der Waals surface area contributed by atoms with E-state index in [2.05, 4.69) is 148 Å². The van der Waals surface area contributed by atoms with Crippen molar-refractivity contribution in [3.63, 3.8) is 0 Å². The second kappa shape index (κ2) is 66.3. The van der Waals surface area contributed by atoms with Gasteiger partial charge in [-0.05, 0) is 96.3 Å². The van der Waals surface area contributed by atoms with Gasteiger partial charge in [-0.1, -0.05) is 302 Å². The van der Waals surface area contributed by atoms with Crippen LogP contribution in [0.3, 0.4) is 0 Å². The van der Waals surface area contributed by atoms with Crippen LogP contribution in [0.1, 0.15) is 277 Å². The third kappa shape index (κ3) is 65.3. The van der Waals surface area contributed by atoms with Crippen molar-refractivity contribution < 1.29 is 37.6 Å². The van der Waals surface area contributed by atoms with E-state index in [0.29, 0.717) is 6.42 Å². The number of phosphoric acid groups is 1. The van der Waals surface area contributed by atoms with Gasteiger partial charge in [-0.15, -0.1) is 0 Å². The van der Waals surface area contributed by atoms with Gasteiger partial charge in [-0.3, -0.25) is 18.6 Å². The number of hydrogen-bond donors (Lipinski definition) is 2. The van der Waals surface area contributed by atoms with E-state index in [1.54, 1.807) is 0 Å². The fourth-order valence-corrected chi connectivity index (χ4v) is 9.70. The Balaban J connectivity index is 4.04. The first kappa shape index (κ1) is 78.1. The minimum Gasteiger partial charge on any atom is -0.462 e. The van der Waals surface area contributed by atoms with Crippen LogP contribution in [0, 0.1) is 0 Å². The summed E-state index contributed by atoms with van der Waals surface area (Å²) >= 11 is 0. The minimum absolute atomic E-state index is 0.0422. The fourth-order valence-electron chi connectivity index (χ4n) is 8.94. The van der Waals surface area contributed by atoms with Crippen molar-refractivity contribution in [1.29, 1.82) is 0 Å². The van der Waals surface area contributed by atoms with Gasteiger partial charge in [-0.2, -0.15) is 0 Å². The molecular weight excluding hydrogens is 1040 g/mol. The fraction of sp³-hybridized carbons (Fsp3) is 0.667. The average molecular weight is 1160 g/mol. The average Bonchev–Trinajstić information content (AvgIpc) is 3.48. The number of carbonyl (C=O) groups excluding carboxylic acids is 2. The van der Waals surface area contributed by atoms with E-state index >= 15 is 0 Å². The lowest BCUT2D eigenvalue weighted by Gasteiger charge is -2.19. The molecular formula is C72H122NO8P. The normalized spacial score (nSPS) is 13.9. The summed E-state index contributed by atoms with van der Waals surface area (Å²) in [4.78, 5) is 35.3. The number of rotatable bonds is 61. The molecule has 0 aromatic carbocycles. The van der Waals surface area contributed by atoms with Crippen molar-refractivity contribution >= 4 is 19.8 Å². The maximum absolute atomic E-state index is 12.7. The highest BCUT2D eigenvalue weighted by Crippen LogP contribution is 2.43. The molecule has 0 bridgehead atoms. The molecule has 2 unspecified atom stereocenters. The van der Waals surface area contributed by atoms with Crippen LogP contribution in [-0.2, 0) is 32.7 Å². The molecule has 0 amide bonds. The molecule has 0 heterocycles. The van der Waals surface area contributed by atoms with Gasteiger partial charge in [0.1, 0.15) is 6.61 Å². The van der Waals surface area contributed by atoms with Gasteiger partial charge in [0, 0.05) is 19.4 Å². The van der Waals surface area contributed by atoms with Gasteiger partial charge < -0.3 is 20.1 Å². The molecule has 0 aromatic heterocycles. The third-order valence-corrected chi connectivity index (χ3v) is 14.8. The Hall–Kier alpha value is -3.85. The lowest BCUT2D eigenvalue weighted by molar-refractivity contribution is -0.161. The molecule has 468 valence electrons. The molecule has 0 spiro atoms. The summed E-state index contributed by atoms with van der Waals surface area (Å²) in [6.07, 6.45) is 93.9. The number of phosphoric ester groups is 1. The number of allylic oxidation sites excluding steroid dienone is 22. The van der Waals surface area contributed by atoms with E-state index in [9.17, 15) is 19.0 Å². The number of carbonyl (C=O) groups is 2. The number of unbranched alkanes of at least 4 members (excludes halogenated alkanes) is 26. The van der Waals surface area contributed by atoms with Crippen molar-refractivity contribution in [2.45, 2.75) is 283 Å². The first-order valence-corrected chi connectivity index (χ1v) is 34.7. The van der Waals surface area contributed by atoms with Crippen molar-refractivity contribution in [1.82, 2.24) is 0 Å². The number of esters is 2. The standard InChI is InChI=1S/C72H122NO8P/c1-3-5-7-9-11-13-15-17-19-21-23-25-27-29-30-31-32-33-34-35-36-37-38-39-40-41-43-45-47-49-51-53-55-57-59-61-63-65-72(75)81-70(69-80-82(76,77)79-67-66-73)68-78-71(74)64-62-60-58-56-54-52-50-48-46-44-42-28-26-24-22-20-18-16-14-12-10-8-6-4-2/h5,7,11,13,17,19,23,25,29-30,32-33,35-36,38-39,41,43,47,49,53,55,70H,3-4,6,8-10,12,14-16,18,20-22,24,26-28,31,34,37,40,42,44-46,48,50-52,54,56-69,73H2,1-2H3,(H,76,77)/b7-5-,13-11-,19-17-,25-23-,30-29-,33-32-,36-35-,39-38-,43-41-,49-47-,55-53-. The molecule has 0 fully saturated rings. The molecule has 0 aliphatic rings. The summed E-state index contributed by atoms with van der Waals surface area (Å²) < 4.78 is 33.1. The lowest BCUT2D eigenvalue weighted by atomic mass is 10.0. The third-order valence-electron chi connectivity index (χ3n) is 13.8. The molecule has 3 N–H and O–H groups in total. The van der Waals surface area contributed by atoms with Gasteiger partial charge in [0.2, 0.25) is 0 Å². The van der Waals surface area contributed by atoms with Gasteiger partial charge in [0.25, 0.3) is 0 Å². The zero-order chi connectivity index (χ0) is 59.4. The summed E-state index contributed by atoms with van der Waals surface area (Å²) in [5.41, 5.74) is 5.39. The number of nitrogens with two attached hydrogens (primary N) is 1. The van der Waals surface area contributed by atoms with Crippen molar-refractivity contribution in [3.05, 3.63) is 134 Å². The zero-order valence-electron chi connectivity index (χ0n) is 52.4. The smallest absolute Gasteiger partial charge is 0.462 e. The summed E-state index contributed by atoms with van der Waals surface area (Å²) in [7, 11) is -4.41. The van der Waals surface area contributed by atoms with Gasteiger partial charge in [0.05, 0.1) is 13.2 Å². The molecule has 82 heavy (non-hydrogen) atoms. The Morgan fingerprint density at radius 1 is 0.378 bits per heavy atom. The highest BCUT2D eigenvalue weighted by molar-refractivity contribution is 7.47. The molecule has 9 nitrogen and oxygen atoms in total. The quantitative estimate of drug-likeness (QED) is 0.0264. The van der Waals surface area contributed by atoms with Crippen LogP contribution >= 0.6 is 7.82 Å². The van der Waals surface area contributed by atoms with Crippen LogP contribution < -0.4 is 5.73 Å². The predicted octanol–water partition coefficient (Wildman–Crippen LogP) is 21.7. The monoisotopic (exact) mass is 1160 g/mol. The molecule has 0 aromatic rings. The van der Waals surface area contributed by atoms with Gasteiger partial charge >= 0.3 is 19.8 Å². The molecule has 0 saturated heterocycles. The Kier molecular flexibility index (Phi) is 63.2. The molecule has 0 aliphatic heterocycles. The molecule has 0 rings (SSSR count). The van der Waals surface area contributed by atoms with Gasteiger partial charge in [0.15, 0.2) is 6.10 Å². The van der Waals surface area contributed by atoms with Crippen LogP contribution in [0.15, 0.2) is 134 Å². The van der Waals surface area contributed by atoms with Crippen molar-refractivity contribution in [3.8, 4) is 0 Å². The number of hydrogen-bond acceptors (Lipinski definition) is 8. The van der Waals surface area contributed by atoms with Crippen LogP contribution in [0.25, 0.3) is 0 Å². The van der Waals surface area contributed by atoms with Crippen molar-refractivity contribution in [2.24, 2.45) is 5.73 Å². The molecule has 0 aliphatic carbocycles. The van der Waals surface area contributed by atoms with E-state index in [1.807, 2.05) is 0 Å². The summed E-state index contributed by atoms with van der Waals surface area (Å²) in [6.45, 7) is 3.61. The Bertz CT molecular complexity index is 1800. The van der Waals surface area contributed by atoms with Crippen LogP contribution in [0.4, 0.5) is 0 Å². The Morgan fingerprint density at radius 3 is 1.00 bits per heavy atom. The number of ether oxygens (including phenoxy) is 2. The predicted molar refractivity (Wildman–Crippen MR) is 353 cm³/mol. The Morgan fingerprint density at radius 2 is 0.671 bits per heavy atom. The lowest BCUT2D eigenvalue weighted by Crippen LogP contribution is -2.29. The van der Waals surface area contributed by atoms with E-state index in [0.717, 1.165) is 109 Å². The van der Waals surface area contributed by atoms with Crippen molar-refractivity contribution in [2.75, 3.05) is 26.4 Å². The zero-order valence-corrected chi connectivity index (χ0v) is 53.3. The van der Waals surface area contributed by atoms with Crippen LogP contribution in [0.5, 0.6) is 0 Å².